The summed E-state index contributed by atoms with van der Waals surface area (Å²) >= 11 is 0. The second kappa shape index (κ2) is 7.13. The van der Waals surface area contributed by atoms with Gasteiger partial charge in [0.1, 0.15) is 0 Å². The van der Waals surface area contributed by atoms with Gasteiger partial charge in [-0.2, -0.15) is 0 Å². The zero-order chi connectivity index (χ0) is 14.3. The van der Waals surface area contributed by atoms with Crippen molar-refractivity contribution in [2.75, 3.05) is 19.3 Å². The Labute approximate surface area is 114 Å². The van der Waals surface area contributed by atoms with Crippen molar-refractivity contribution in [3.8, 4) is 0 Å². The van der Waals surface area contributed by atoms with Crippen LogP contribution in [0.4, 0.5) is 4.79 Å². The normalized spacial score (nSPS) is 11.1. The first-order valence-corrected chi connectivity index (χ1v) is 8.13. The topological polar surface area (TPSA) is 75.3 Å². The van der Waals surface area contributed by atoms with Gasteiger partial charge in [0.2, 0.25) is 0 Å². The number of rotatable bonds is 6. The minimum absolute atomic E-state index is 0.172. The van der Waals surface area contributed by atoms with Crippen molar-refractivity contribution in [1.29, 1.82) is 0 Å². The van der Waals surface area contributed by atoms with Gasteiger partial charge in [0.15, 0.2) is 9.84 Å². The van der Waals surface area contributed by atoms with Crippen LogP contribution < -0.4 is 10.6 Å². The van der Waals surface area contributed by atoms with Crippen LogP contribution in [0.1, 0.15) is 18.9 Å². The summed E-state index contributed by atoms with van der Waals surface area (Å²) in [6, 6.07) is 6.53. The Kier molecular flexibility index (Phi) is 5.82. The number of urea groups is 1. The van der Waals surface area contributed by atoms with Crippen LogP contribution in [0, 0.1) is 0 Å². The fourth-order valence-electron chi connectivity index (χ4n) is 1.52. The van der Waals surface area contributed by atoms with E-state index in [-0.39, 0.29) is 6.03 Å². The number of hydrogen-bond acceptors (Lipinski definition) is 3. The number of carbonyl (C=O) groups is 1. The van der Waals surface area contributed by atoms with Crippen LogP contribution >= 0.6 is 0 Å². The van der Waals surface area contributed by atoms with Crippen LogP contribution in [0.25, 0.3) is 0 Å². The first-order valence-electron chi connectivity index (χ1n) is 6.24. The molecule has 2 amide bonds. The van der Waals surface area contributed by atoms with E-state index in [1.54, 1.807) is 24.3 Å². The van der Waals surface area contributed by atoms with Gasteiger partial charge in [0, 0.05) is 19.3 Å². The highest BCUT2D eigenvalue weighted by molar-refractivity contribution is 7.90. The van der Waals surface area contributed by atoms with E-state index in [9.17, 15) is 13.2 Å². The average Bonchev–Trinajstić information content (AvgIpc) is 2.36. The molecule has 0 atom stereocenters. The second-order valence-corrected chi connectivity index (χ2v) is 6.36. The van der Waals surface area contributed by atoms with E-state index < -0.39 is 9.84 Å². The molecule has 0 aliphatic carbocycles. The van der Waals surface area contributed by atoms with Crippen molar-refractivity contribution in [3.63, 3.8) is 0 Å². The van der Waals surface area contributed by atoms with Gasteiger partial charge in [-0.15, -0.1) is 0 Å². The maximum atomic E-state index is 11.3. The Hall–Kier alpha value is -1.56. The molecular weight excluding hydrogens is 264 g/mol. The summed E-state index contributed by atoms with van der Waals surface area (Å²) in [5, 5.41) is 5.46. The van der Waals surface area contributed by atoms with Gasteiger partial charge in [-0.1, -0.05) is 19.1 Å². The van der Waals surface area contributed by atoms with Crippen molar-refractivity contribution in [3.05, 3.63) is 29.8 Å². The third-order valence-corrected chi connectivity index (χ3v) is 3.71. The molecule has 5 nitrogen and oxygen atoms in total. The second-order valence-electron chi connectivity index (χ2n) is 4.35. The maximum Gasteiger partial charge on any atom is 0.314 e. The van der Waals surface area contributed by atoms with Gasteiger partial charge in [-0.25, -0.2) is 13.2 Å². The predicted molar refractivity (Wildman–Crippen MR) is 74.9 cm³/mol. The molecule has 0 fully saturated rings. The lowest BCUT2D eigenvalue weighted by Gasteiger charge is -2.07. The zero-order valence-electron chi connectivity index (χ0n) is 11.3. The van der Waals surface area contributed by atoms with E-state index in [0.29, 0.717) is 24.4 Å². The van der Waals surface area contributed by atoms with Crippen LogP contribution in [0.2, 0.25) is 0 Å². The summed E-state index contributed by atoms with van der Waals surface area (Å²) in [4.78, 5) is 11.6. The minimum atomic E-state index is -3.14. The summed E-state index contributed by atoms with van der Waals surface area (Å²) in [5.41, 5.74) is 0.989. The van der Waals surface area contributed by atoms with E-state index in [4.69, 9.17) is 0 Å². The molecule has 0 spiro atoms. The Morgan fingerprint density at radius 3 is 2.21 bits per heavy atom. The molecule has 1 aromatic carbocycles. The molecule has 0 saturated heterocycles. The van der Waals surface area contributed by atoms with E-state index in [1.807, 2.05) is 6.92 Å². The summed E-state index contributed by atoms with van der Waals surface area (Å²) in [6.07, 6.45) is 2.76. The van der Waals surface area contributed by atoms with Crippen LogP contribution in [0.3, 0.4) is 0 Å². The smallest absolute Gasteiger partial charge is 0.314 e. The first kappa shape index (κ1) is 15.5. The fourth-order valence-corrected chi connectivity index (χ4v) is 2.16. The quantitative estimate of drug-likeness (QED) is 0.828. The van der Waals surface area contributed by atoms with Gasteiger partial charge in [0.05, 0.1) is 4.90 Å². The van der Waals surface area contributed by atoms with E-state index in [1.165, 1.54) is 6.26 Å². The maximum absolute atomic E-state index is 11.3. The summed E-state index contributed by atoms with van der Waals surface area (Å²) < 4.78 is 22.6. The van der Waals surface area contributed by atoms with E-state index in [0.717, 1.165) is 12.0 Å². The number of sulfone groups is 1. The Morgan fingerprint density at radius 1 is 1.11 bits per heavy atom. The molecular formula is C13H20N2O3S. The van der Waals surface area contributed by atoms with Crippen molar-refractivity contribution < 1.29 is 13.2 Å². The third-order valence-electron chi connectivity index (χ3n) is 2.59. The first-order chi connectivity index (χ1) is 8.93. The molecule has 6 heteroatoms. The van der Waals surface area contributed by atoms with Gasteiger partial charge in [-0.05, 0) is 30.5 Å². The van der Waals surface area contributed by atoms with Crippen molar-refractivity contribution in [2.45, 2.75) is 24.7 Å². The number of benzene rings is 1. The molecule has 0 bridgehead atoms. The van der Waals surface area contributed by atoms with Crippen LogP contribution in [0.5, 0.6) is 0 Å². The SMILES string of the molecule is CCCNC(=O)NCCc1ccc(S(C)(=O)=O)cc1. The summed E-state index contributed by atoms with van der Waals surface area (Å²) in [6.45, 7) is 3.17. The van der Waals surface area contributed by atoms with Crippen LogP contribution in [-0.2, 0) is 16.3 Å². The monoisotopic (exact) mass is 284 g/mol. The largest absolute Gasteiger partial charge is 0.338 e. The predicted octanol–water partition coefficient (Wildman–Crippen LogP) is 1.34. The van der Waals surface area contributed by atoms with Gasteiger partial charge in [0.25, 0.3) is 0 Å². The number of hydrogen-bond donors (Lipinski definition) is 2. The van der Waals surface area contributed by atoms with E-state index >= 15 is 0 Å². The Morgan fingerprint density at radius 2 is 1.68 bits per heavy atom. The molecule has 19 heavy (non-hydrogen) atoms. The van der Waals surface area contributed by atoms with Gasteiger partial charge >= 0.3 is 6.03 Å². The van der Waals surface area contributed by atoms with Crippen molar-refractivity contribution in [2.24, 2.45) is 0 Å². The highest BCUT2D eigenvalue weighted by Gasteiger charge is 2.06. The molecule has 2 N–H and O–H groups in total. The molecule has 1 rings (SSSR count). The molecule has 106 valence electrons. The fraction of sp³-hybridized carbons (Fsp3) is 0.462. The lowest BCUT2D eigenvalue weighted by molar-refractivity contribution is 0.241. The van der Waals surface area contributed by atoms with Crippen molar-refractivity contribution in [1.82, 2.24) is 10.6 Å². The highest BCUT2D eigenvalue weighted by Crippen LogP contribution is 2.10. The average molecular weight is 284 g/mol. The highest BCUT2D eigenvalue weighted by atomic mass is 32.2. The number of amides is 2. The molecule has 0 aromatic heterocycles. The molecule has 0 heterocycles. The molecule has 0 radical (unpaired) electrons. The summed E-state index contributed by atoms with van der Waals surface area (Å²) in [7, 11) is -3.14. The van der Waals surface area contributed by atoms with Crippen LogP contribution in [0.15, 0.2) is 29.2 Å². The lowest BCUT2D eigenvalue weighted by atomic mass is 10.1. The molecule has 0 saturated carbocycles. The van der Waals surface area contributed by atoms with Gasteiger partial charge in [-0.3, -0.25) is 0 Å². The number of nitrogens with one attached hydrogen (secondary N) is 2. The van der Waals surface area contributed by atoms with Gasteiger partial charge < -0.3 is 10.6 Å². The minimum Gasteiger partial charge on any atom is -0.338 e. The molecule has 0 aliphatic heterocycles. The lowest BCUT2D eigenvalue weighted by Crippen LogP contribution is -2.36. The van der Waals surface area contributed by atoms with E-state index in [2.05, 4.69) is 10.6 Å². The number of carbonyl (C=O) groups excluding carboxylic acids is 1. The zero-order valence-corrected chi connectivity index (χ0v) is 12.1. The van der Waals surface area contributed by atoms with Crippen molar-refractivity contribution >= 4 is 15.9 Å². The third kappa shape index (κ3) is 5.74. The van der Waals surface area contributed by atoms with Crippen LogP contribution in [-0.4, -0.2) is 33.8 Å². The Balaban J connectivity index is 2.40. The summed E-state index contributed by atoms with van der Waals surface area (Å²) in [5.74, 6) is 0. The molecule has 0 unspecified atom stereocenters. The molecule has 1 aromatic rings. The standard InChI is InChI=1S/C13H20N2O3S/c1-3-9-14-13(16)15-10-8-11-4-6-12(7-5-11)19(2,17)18/h4-7H,3,8-10H2,1-2H3,(H2,14,15,16). The Bertz CT molecular complexity index is 509. The molecule has 0 aliphatic rings.